The highest BCUT2D eigenvalue weighted by Crippen LogP contribution is 2.41. The van der Waals surface area contributed by atoms with E-state index in [1.807, 2.05) is 0 Å². The van der Waals surface area contributed by atoms with Crippen molar-refractivity contribution in [2.45, 2.75) is 31.6 Å². The molecule has 0 aromatic heterocycles. The van der Waals surface area contributed by atoms with Crippen molar-refractivity contribution in [3.63, 3.8) is 0 Å². The summed E-state index contributed by atoms with van der Waals surface area (Å²) < 4.78 is 2.52. The van der Waals surface area contributed by atoms with Gasteiger partial charge in [0.15, 0.2) is 0 Å². The molecule has 0 bridgehead atoms. The quantitative estimate of drug-likeness (QED) is 0.694. The maximum Gasteiger partial charge on any atom is 0.0221 e. The van der Waals surface area contributed by atoms with E-state index >= 15 is 0 Å². The van der Waals surface area contributed by atoms with E-state index in [9.17, 15) is 0 Å². The Labute approximate surface area is 96.0 Å². The average molecular weight is 304 g/mol. The van der Waals surface area contributed by atoms with E-state index in [0.29, 0.717) is 0 Å². The zero-order chi connectivity index (χ0) is 9.26. The fourth-order valence-corrected chi connectivity index (χ4v) is 3.76. The van der Waals surface area contributed by atoms with E-state index < -0.39 is 0 Å². The molecule has 1 fully saturated rings. The third-order valence-electron chi connectivity index (χ3n) is 2.76. The average Bonchev–Trinajstić information content (AvgIpc) is 2.57. The lowest BCUT2D eigenvalue weighted by atomic mass is 9.98. The summed E-state index contributed by atoms with van der Waals surface area (Å²) in [6.07, 6.45) is 5.47. The smallest absolute Gasteiger partial charge is 0.0221 e. The molecule has 70 valence electrons. The summed E-state index contributed by atoms with van der Waals surface area (Å²) in [5.74, 6) is 0.768. The minimum atomic E-state index is 0.768. The molecule has 1 aromatic carbocycles. The lowest BCUT2D eigenvalue weighted by Gasteiger charge is -2.13. The van der Waals surface area contributed by atoms with Gasteiger partial charge in [0.25, 0.3) is 0 Å². The summed E-state index contributed by atoms with van der Waals surface area (Å²) >= 11 is 7.25. The minimum Gasteiger partial charge on any atom is -0.0600 e. The lowest BCUT2D eigenvalue weighted by Crippen LogP contribution is -1.94. The number of halogens is 2. The van der Waals surface area contributed by atoms with Crippen LogP contribution in [0.25, 0.3) is 0 Å². The first-order valence-electron chi connectivity index (χ1n) is 4.73. The largest absolute Gasteiger partial charge is 0.0600 e. The van der Waals surface area contributed by atoms with Crippen molar-refractivity contribution < 1.29 is 0 Å². The van der Waals surface area contributed by atoms with Gasteiger partial charge < -0.3 is 0 Å². The van der Waals surface area contributed by atoms with Crippen molar-refractivity contribution in [2.75, 3.05) is 0 Å². The minimum absolute atomic E-state index is 0.768. The number of benzene rings is 1. The molecular weight excluding hydrogens is 292 g/mol. The number of rotatable bonds is 1. The summed E-state index contributed by atoms with van der Waals surface area (Å²) in [6.45, 7) is 0. The normalized spacial score (nSPS) is 18.0. The van der Waals surface area contributed by atoms with Crippen LogP contribution in [0.3, 0.4) is 0 Å². The van der Waals surface area contributed by atoms with Crippen molar-refractivity contribution in [2.24, 2.45) is 0 Å². The van der Waals surface area contributed by atoms with Crippen LogP contribution in [-0.4, -0.2) is 0 Å². The summed E-state index contributed by atoms with van der Waals surface area (Å²) in [7, 11) is 0. The molecule has 13 heavy (non-hydrogen) atoms. The second kappa shape index (κ2) is 4.14. The Bertz CT molecular complexity index is 281. The zero-order valence-electron chi connectivity index (χ0n) is 7.39. The molecule has 0 aliphatic heterocycles. The topological polar surface area (TPSA) is 0 Å². The van der Waals surface area contributed by atoms with Crippen LogP contribution in [0, 0.1) is 0 Å². The van der Waals surface area contributed by atoms with Crippen LogP contribution in [0.15, 0.2) is 27.1 Å². The second-order valence-corrected chi connectivity index (χ2v) is 5.33. The highest BCUT2D eigenvalue weighted by Gasteiger charge is 2.20. The molecule has 0 N–H and O–H groups in total. The third kappa shape index (κ3) is 1.99. The molecular formula is C11H12Br2. The van der Waals surface area contributed by atoms with E-state index in [0.717, 1.165) is 5.92 Å². The van der Waals surface area contributed by atoms with Crippen molar-refractivity contribution in [3.05, 3.63) is 32.7 Å². The fraction of sp³-hybridized carbons (Fsp3) is 0.455. The third-order valence-corrected chi connectivity index (χ3v) is 4.15. The fourth-order valence-electron chi connectivity index (χ4n) is 2.12. The Morgan fingerprint density at radius 3 is 2.08 bits per heavy atom. The molecule has 0 nitrogen and oxygen atoms in total. The molecule has 1 aromatic rings. The summed E-state index contributed by atoms with van der Waals surface area (Å²) in [5.41, 5.74) is 1.47. The molecule has 2 heteroatoms. The molecule has 0 amide bonds. The maximum atomic E-state index is 3.63. The molecule has 2 rings (SSSR count). The van der Waals surface area contributed by atoms with Crippen LogP contribution in [-0.2, 0) is 0 Å². The zero-order valence-corrected chi connectivity index (χ0v) is 10.6. The predicted molar refractivity (Wildman–Crippen MR) is 63.1 cm³/mol. The second-order valence-electron chi connectivity index (χ2n) is 3.62. The first kappa shape index (κ1) is 9.72. The summed E-state index contributed by atoms with van der Waals surface area (Å²) in [5, 5.41) is 0. The van der Waals surface area contributed by atoms with Gasteiger partial charge in [-0.05, 0) is 36.5 Å². The van der Waals surface area contributed by atoms with E-state index in [4.69, 9.17) is 0 Å². The van der Waals surface area contributed by atoms with Crippen LogP contribution in [0.1, 0.15) is 37.2 Å². The van der Waals surface area contributed by atoms with E-state index in [2.05, 4.69) is 50.1 Å². The predicted octanol–water partition coefficient (Wildman–Crippen LogP) is 4.87. The molecule has 0 saturated heterocycles. The van der Waals surface area contributed by atoms with Crippen LogP contribution in [0.5, 0.6) is 0 Å². The van der Waals surface area contributed by atoms with Gasteiger partial charge in [-0.15, -0.1) is 0 Å². The van der Waals surface area contributed by atoms with Crippen LogP contribution in [0.2, 0.25) is 0 Å². The van der Waals surface area contributed by atoms with E-state index in [-0.39, 0.29) is 0 Å². The molecule has 0 unspecified atom stereocenters. The maximum absolute atomic E-state index is 3.63. The van der Waals surface area contributed by atoms with Crippen molar-refractivity contribution in [1.82, 2.24) is 0 Å². The van der Waals surface area contributed by atoms with Crippen molar-refractivity contribution >= 4 is 31.9 Å². The van der Waals surface area contributed by atoms with E-state index in [1.165, 1.54) is 40.2 Å². The molecule has 0 radical (unpaired) electrons. The Morgan fingerprint density at radius 1 is 1.00 bits per heavy atom. The molecule has 1 saturated carbocycles. The highest BCUT2D eigenvalue weighted by atomic mass is 79.9. The monoisotopic (exact) mass is 302 g/mol. The van der Waals surface area contributed by atoms with Gasteiger partial charge in [0, 0.05) is 8.95 Å². The van der Waals surface area contributed by atoms with Gasteiger partial charge in [-0.2, -0.15) is 0 Å². The van der Waals surface area contributed by atoms with Crippen molar-refractivity contribution in [1.29, 1.82) is 0 Å². The van der Waals surface area contributed by atoms with Gasteiger partial charge >= 0.3 is 0 Å². The number of hydrogen-bond donors (Lipinski definition) is 0. The van der Waals surface area contributed by atoms with Gasteiger partial charge in [-0.3, -0.25) is 0 Å². The Kier molecular flexibility index (Phi) is 3.10. The van der Waals surface area contributed by atoms with Crippen LogP contribution >= 0.6 is 31.9 Å². The van der Waals surface area contributed by atoms with Crippen molar-refractivity contribution in [3.8, 4) is 0 Å². The Hall–Kier alpha value is 0.180. The Morgan fingerprint density at radius 2 is 1.54 bits per heavy atom. The van der Waals surface area contributed by atoms with Gasteiger partial charge in [-0.1, -0.05) is 50.8 Å². The van der Waals surface area contributed by atoms with Gasteiger partial charge in [0.05, 0.1) is 0 Å². The molecule has 1 aliphatic rings. The number of hydrogen-bond acceptors (Lipinski definition) is 0. The van der Waals surface area contributed by atoms with E-state index in [1.54, 1.807) is 0 Å². The highest BCUT2D eigenvalue weighted by molar-refractivity contribution is 9.11. The lowest BCUT2D eigenvalue weighted by molar-refractivity contribution is 0.716. The van der Waals surface area contributed by atoms with Gasteiger partial charge in [0.1, 0.15) is 0 Å². The first-order valence-corrected chi connectivity index (χ1v) is 6.31. The van der Waals surface area contributed by atoms with Gasteiger partial charge in [0.2, 0.25) is 0 Å². The van der Waals surface area contributed by atoms with Gasteiger partial charge in [-0.25, -0.2) is 0 Å². The molecule has 0 heterocycles. The molecule has 0 spiro atoms. The van der Waals surface area contributed by atoms with Crippen LogP contribution in [0.4, 0.5) is 0 Å². The standard InChI is InChI=1S/C11H12Br2/c12-9-6-3-7-10(13)11(9)8-4-1-2-5-8/h3,6-8H,1-2,4-5H2. The summed E-state index contributed by atoms with van der Waals surface area (Å²) in [6, 6.07) is 6.35. The Balaban J connectivity index is 2.37. The summed E-state index contributed by atoms with van der Waals surface area (Å²) in [4.78, 5) is 0. The molecule has 0 atom stereocenters. The first-order chi connectivity index (χ1) is 6.29. The SMILES string of the molecule is Brc1cccc(Br)c1C1CCCC1. The molecule has 1 aliphatic carbocycles. The van der Waals surface area contributed by atoms with Crippen LogP contribution < -0.4 is 0 Å².